The molecule has 0 unspecified atom stereocenters. The van der Waals surface area contributed by atoms with Gasteiger partial charge in [0.1, 0.15) is 11.4 Å². The van der Waals surface area contributed by atoms with Crippen LogP contribution in [0.2, 0.25) is 0 Å². The third kappa shape index (κ3) is 4.08. The molecule has 6 heteroatoms. The van der Waals surface area contributed by atoms with E-state index in [1.165, 1.54) is 0 Å². The first-order valence-corrected chi connectivity index (χ1v) is 4.52. The molecule has 0 aromatic carbocycles. The van der Waals surface area contributed by atoms with Crippen molar-refractivity contribution < 1.29 is 9.53 Å². The summed E-state index contributed by atoms with van der Waals surface area (Å²) in [5.74, 6) is 0.491. The Bertz CT molecular complexity index is 244. The van der Waals surface area contributed by atoms with Gasteiger partial charge in [0.15, 0.2) is 0 Å². The molecule has 0 atom stereocenters. The molecule has 80 valence electrons. The van der Waals surface area contributed by atoms with Crippen molar-refractivity contribution in [3.8, 4) is 0 Å². The van der Waals surface area contributed by atoms with Crippen molar-refractivity contribution in [3.05, 3.63) is 0 Å². The molecule has 0 fully saturated rings. The van der Waals surface area contributed by atoms with Gasteiger partial charge in [-0.3, -0.25) is 10.2 Å². The lowest BCUT2D eigenvalue weighted by atomic mass is 10.2. The number of ether oxygens (including phenoxy) is 1. The van der Waals surface area contributed by atoms with E-state index < -0.39 is 5.60 Å². The van der Waals surface area contributed by atoms with Gasteiger partial charge in [-0.2, -0.15) is 0 Å². The summed E-state index contributed by atoms with van der Waals surface area (Å²) >= 11 is 0. The van der Waals surface area contributed by atoms with Crippen LogP contribution in [0.5, 0.6) is 0 Å². The normalized spacial score (nSPS) is 15.5. The first-order chi connectivity index (χ1) is 6.47. The van der Waals surface area contributed by atoms with E-state index in [9.17, 15) is 4.79 Å². The minimum Gasteiger partial charge on any atom is -0.460 e. The molecule has 14 heavy (non-hydrogen) atoms. The highest BCUT2D eigenvalue weighted by Gasteiger charge is 2.17. The second kappa shape index (κ2) is 4.28. The number of esters is 1. The number of nitrogens with one attached hydrogen (secondary N) is 3. The third-order valence-corrected chi connectivity index (χ3v) is 1.44. The molecule has 1 rings (SSSR count). The Morgan fingerprint density at radius 2 is 2.21 bits per heavy atom. The molecule has 0 aromatic rings. The summed E-state index contributed by atoms with van der Waals surface area (Å²) in [6, 6.07) is 0. The summed E-state index contributed by atoms with van der Waals surface area (Å²) in [7, 11) is 0. The van der Waals surface area contributed by atoms with Crippen molar-refractivity contribution >= 4 is 11.8 Å². The molecule has 0 bridgehead atoms. The van der Waals surface area contributed by atoms with Crippen LogP contribution in [0, 0.1) is 0 Å². The van der Waals surface area contributed by atoms with Gasteiger partial charge in [0, 0.05) is 6.42 Å². The lowest BCUT2D eigenvalue weighted by Crippen LogP contribution is -2.35. The van der Waals surface area contributed by atoms with Crippen LogP contribution in [-0.4, -0.2) is 17.4 Å². The molecule has 0 saturated carbocycles. The van der Waals surface area contributed by atoms with Gasteiger partial charge in [0.2, 0.25) is 0 Å². The Hall–Kier alpha value is -1.30. The van der Waals surface area contributed by atoms with Gasteiger partial charge in [-0.1, -0.05) is 0 Å². The highest BCUT2D eigenvalue weighted by Crippen LogP contribution is 2.09. The number of hydrogen-bond donors (Lipinski definition) is 3. The minimum absolute atomic E-state index is 0.214. The summed E-state index contributed by atoms with van der Waals surface area (Å²) in [4.78, 5) is 11.3. The number of amidine groups is 1. The maximum absolute atomic E-state index is 11.3. The van der Waals surface area contributed by atoms with E-state index in [0.29, 0.717) is 18.7 Å². The van der Waals surface area contributed by atoms with Crippen LogP contribution >= 0.6 is 0 Å². The summed E-state index contributed by atoms with van der Waals surface area (Å²) in [5.41, 5.74) is 7.45. The van der Waals surface area contributed by atoms with Crippen molar-refractivity contribution in [2.75, 3.05) is 0 Å². The summed E-state index contributed by atoms with van der Waals surface area (Å²) < 4.78 is 5.13. The van der Waals surface area contributed by atoms with Crippen LogP contribution in [-0.2, 0) is 9.53 Å². The highest BCUT2D eigenvalue weighted by atomic mass is 16.6. The zero-order valence-corrected chi connectivity index (χ0v) is 8.68. The van der Waals surface area contributed by atoms with E-state index >= 15 is 0 Å². The lowest BCUT2D eigenvalue weighted by molar-refractivity contribution is -0.154. The zero-order valence-electron chi connectivity index (χ0n) is 8.68. The van der Waals surface area contributed by atoms with E-state index in [2.05, 4.69) is 21.6 Å². The summed E-state index contributed by atoms with van der Waals surface area (Å²) in [5, 5.41) is 3.84. The molecule has 0 saturated heterocycles. The SMILES string of the molecule is CC(C)(C)OC(=O)CCC1=NNNN1. The second-order valence-corrected chi connectivity index (χ2v) is 4.01. The van der Waals surface area contributed by atoms with Crippen LogP contribution in [0.4, 0.5) is 0 Å². The van der Waals surface area contributed by atoms with E-state index in [0.717, 1.165) is 0 Å². The fourth-order valence-electron chi connectivity index (χ4n) is 0.955. The first-order valence-electron chi connectivity index (χ1n) is 4.52. The van der Waals surface area contributed by atoms with Crippen molar-refractivity contribution in [2.45, 2.75) is 39.2 Å². The number of hydrogen-bond acceptors (Lipinski definition) is 6. The molecular formula is C8H16N4O2. The second-order valence-electron chi connectivity index (χ2n) is 4.01. The van der Waals surface area contributed by atoms with Crippen molar-refractivity contribution in [1.82, 2.24) is 16.5 Å². The molecular weight excluding hydrogens is 184 g/mol. The van der Waals surface area contributed by atoms with E-state index in [-0.39, 0.29) is 5.97 Å². The Labute approximate surface area is 83.0 Å². The number of carbonyl (C=O) groups is 1. The Balaban J connectivity index is 2.21. The third-order valence-electron chi connectivity index (χ3n) is 1.44. The molecule has 0 aromatic heterocycles. The van der Waals surface area contributed by atoms with Gasteiger partial charge in [-0.05, 0) is 20.8 Å². The van der Waals surface area contributed by atoms with Crippen LogP contribution in [0.15, 0.2) is 5.10 Å². The lowest BCUT2D eigenvalue weighted by Gasteiger charge is -2.19. The van der Waals surface area contributed by atoms with Crippen LogP contribution in [0.25, 0.3) is 0 Å². The molecule has 6 nitrogen and oxygen atoms in total. The average molecular weight is 200 g/mol. The Kier molecular flexibility index (Phi) is 3.29. The van der Waals surface area contributed by atoms with E-state index in [1.54, 1.807) is 0 Å². The fourth-order valence-corrected chi connectivity index (χ4v) is 0.955. The molecule has 3 N–H and O–H groups in total. The van der Waals surface area contributed by atoms with Gasteiger partial charge >= 0.3 is 5.97 Å². The largest absolute Gasteiger partial charge is 0.460 e. The highest BCUT2D eigenvalue weighted by molar-refractivity contribution is 5.85. The van der Waals surface area contributed by atoms with E-state index in [4.69, 9.17) is 4.74 Å². The van der Waals surface area contributed by atoms with Gasteiger partial charge in [-0.25, -0.2) is 5.53 Å². The van der Waals surface area contributed by atoms with Gasteiger partial charge in [-0.15, -0.1) is 10.6 Å². The molecule has 0 aliphatic carbocycles. The topological polar surface area (TPSA) is 74.8 Å². The maximum atomic E-state index is 11.3. The predicted octanol–water partition coefficient (Wildman–Crippen LogP) is 0.0342. The molecule has 0 amide bonds. The van der Waals surface area contributed by atoms with Crippen LogP contribution in [0.1, 0.15) is 33.6 Å². The smallest absolute Gasteiger partial charge is 0.306 e. The number of carbonyl (C=O) groups excluding carboxylic acids is 1. The molecule has 1 aliphatic heterocycles. The monoisotopic (exact) mass is 200 g/mol. The van der Waals surface area contributed by atoms with Crippen molar-refractivity contribution in [2.24, 2.45) is 5.10 Å². The molecule has 1 heterocycles. The molecule has 0 radical (unpaired) electrons. The number of rotatable bonds is 3. The predicted molar refractivity (Wildman–Crippen MR) is 51.9 cm³/mol. The van der Waals surface area contributed by atoms with E-state index in [1.807, 2.05) is 20.8 Å². The number of hydrazine groups is 2. The van der Waals surface area contributed by atoms with Crippen LogP contribution < -0.4 is 16.5 Å². The Morgan fingerprint density at radius 1 is 1.50 bits per heavy atom. The summed E-state index contributed by atoms with van der Waals surface area (Å²) in [6.07, 6.45) is 0.862. The molecule has 1 aliphatic rings. The molecule has 0 spiro atoms. The fraction of sp³-hybridized carbons (Fsp3) is 0.750. The van der Waals surface area contributed by atoms with Gasteiger partial charge in [0.05, 0.1) is 6.42 Å². The van der Waals surface area contributed by atoms with Gasteiger partial charge < -0.3 is 4.74 Å². The van der Waals surface area contributed by atoms with Crippen molar-refractivity contribution in [3.63, 3.8) is 0 Å². The van der Waals surface area contributed by atoms with Gasteiger partial charge in [0.25, 0.3) is 0 Å². The minimum atomic E-state index is -0.418. The standard InChI is InChI=1S/C8H16N4O2/c1-8(2,3)14-7(13)5-4-6-9-11-12-10-6/h11-12H,4-5H2,1-3H3,(H,9,10). The average Bonchev–Trinajstić information content (AvgIpc) is 2.49. The van der Waals surface area contributed by atoms with Crippen LogP contribution in [0.3, 0.4) is 0 Å². The number of nitrogens with zero attached hydrogens (tertiary/aromatic N) is 1. The maximum Gasteiger partial charge on any atom is 0.306 e. The quantitative estimate of drug-likeness (QED) is 0.561. The first kappa shape index (κ1) is 10.8. The zero-order chi connectivity index (χ0) is 10.6. The summed E-state index contributed by atoms with van der Waals surface area (Å²) in [6.45, 7) is 5.54. The Morgan fingerprint density at radius 3 is 2.71 bits per heavy atom. The number of hydrazone groups is 1. The van der Waals surface area contributed by atoms with Crippen molar-refractivity contribution in [1.29, 1.82) is 0 Å².